The minimum Gasteiger partial charge on any atom is -0.507 e. The van der Waals surface area contributed by atoms with Gasteiger partial charge < -0.3 is 19.7 Å². The van der Waals surface area contributed by atoms with Crippen molar-refractivity contribution in [2.75, 3.05) is 7.11 Å². The highest BCUT2D eigenvalue weighted by Gasteiger charge is 2.20. The van der Waals surface area contributed by atoms with Crippen LogP contribution in [0.25, 0.3) is 0 Å². The van der Waals surface area contributed by atoms with Crippen molar-refractivity contribution in [1.82, 2.24) is 0 Å². The molecular formula is C17H12O8. The summed E-state index contributed by atoms with van der Waals surface area (Å²) in [7, 11) is 1.16. The van der Waals surface area contributed by atoms with Crippen LogP contribution in [0, 0.1) is 0 Å². The van der Waals surface area contributed by atoms with Crippen LogP contribution >= 0.6 is 0 Å². The van der Waals surface area contributed by atoms with E-state index in [1.54, 1.807) is 0 Å². The number of phenolic OH excluding ortho intramolecular Hbond substituents is 1. The van der Waals surface area contributed by atoms with Crippen molar-refractivity contribution in [3.05, 3.63) is 64.7 Å². The molecule has 0 heterocycles. The molecule has 0 saturated carbocycles. The summed E-state index contributed by atoms with van der Waals surface area (Å²) in [4.78, 5) is 45.9. The molecule has 0 spiro atoms. The summed E-state index contributed by atoms with van der Waals surface area (Å²) in [6.45, 7) is 0. The lowest BCUT2D eigenvalue weighted by Crippen LogP contribution is -2.13. The molecule has 2 rings (SSSR count). The molecule has 25 heavy (non-hydrogen) atoms. The fourth-order valence-electron chi connectivity index (χ4n) is 1.90. The van der Waals surface area contributed by atoms with Crippen LogP contribution in [0.3, 0.4) is 0 Å². The molecule has 128 valence electrons. The Morgan fingerprint density at radius 1 is 0.800 bits per heavy atom. The molecule has 0 aromatic heterocycles. The van der Waals surface area contributed by atoms with Crippen LogP contribution in [0.4, 0.5) is 0 Å². The molecule has 0 radical (unpaired) electrons. The molecule has 2 N–H and O–H groups in total. The zero-order chi connectivity index (χ0) is 18.6. The molecule has 0 aliphatic heterocycles. The first kappa shape index (κ1) is 17.7. The van der Waals surface area contributed by atoms with E-state index in [9.17, 15) is 24.3 Å². The number of phenols is 1. The second-order valence-electron chi connectivity index (χ2n) is 4.78. The van der Waals surface area contributed by atoms with Crippen molar-refractivity contribution >= 4 is 23.9 Å². The van der Waals surface area contributed by atoms with Gasteiger partial charge in [-0.2, -0.15) is 0 Å². The van der Waals surface area contributed by atoms with Crippen LogP contribution in [-0.4, -0.2) is 41.2 Å². The van der Waals surface area contributed by atoms with E-state index >= 15 is 0 Å². The van der Waals surface area contributed by atoms with Gasteiger partial charge in [0.25, 0.3) is 0 Å². The normalized spacial score (nSPS) is 9.96. The zero-order valence-corrected chi connectivity index (χ0v) is 12.9. The largest absolute Gasteiger partial charge is 0.507 e. The Balaban J connectivity index is 2.14. The van der Waals surface area contributed by atoms with Crippen molar-refractivity contribution < 1.29 is 38.9 Å². The number of carbonyl (C=O) groups is 4. The summed E-state index contributed by atoms with van der Waals surface area (Å²) in [5.41, 5.74) is -0.363. The molecule has 0 unspecified atom stereocenters. The molecule has 0 aliphatic rings. The van der Waals surface area contributed by atoms with Crippen molar-refractivity contribution in [3.8, 4) is 5.75 Å². The van der Waals surface area contributed by atoms with E-state index in [0.717, 1.165) is 19.2 Å². The Morgan fingerprint density at radius 2 is 1.36 bits per heavy atom. The third-order valence-electron chi connectivity index (χ3n) is 3.19. The van der Waals surface area contributed by atoms with Gasteiger partial charge in [-0.3, -0.25) is 0 Å². The molecule has 0 atom stereocenters. The minimum atomic E-state index is -1.16. The van der Waals surface area contributed by atoms with E-state index < -0.39 is 29.6 Å². The van der Waals surface area contributed by atoms with Gasteiger partial charge in [0.05, 0.1) is 23.8 Å². The molecule has 8 heteroatoms. The lowest BCUT2D eigenvalue weighted by atomic mass is 10.1. The molecule has 0 aliphatic carbocycles. The molecular weight excluding hydrogens is 332 g/mol. The lowest BCUT2D eigenvalue weighted by molar-refractivity contribution is 0.0393. The highest BCUT2D eigenvalue weighted by Crippen LogP contribution is 2.21. The summed E-state index contributed by atoms with van der Waals surface area (Å²) < 4.78 is 9.11. The van der Waals surface area contributed by atoms with E-state index in [0.29, 0.717) is 0 Å². The predicted molar refractivity (Wildman–Crippen MR) is 82.6 cm³/mol. The van der Waals surface area contributed by atoms with Gasteiger partial charge >= 0.3 is 23.9 Å². The second-order valence-corrected chi connectivity index (χ2v) is 4.78. The SMILES string of the molecule is COC(=O)c1ccc(C(=O)OC(=O)c2ccc(C(=O)O)cc2)c(O)c1. The van der Waals surface area contributed by atoms with Crippen molar-refractivity contribution in [3.63, 3.8) is 0 Å². The Kier molecular flexibility index (Phi) is 5.13. The third kappa shape index (κ3) is 3.99. The maximum Gasteiger partial charge on any atom is 0.349 e. The summed E-state index contributed by atoms with van der Waals surface area (Å²) in [5.74, 6) is -4.56. The van der Waals surface area contributed by atoms with Gasteiger partial charge in [-0.05, 0) is 42.5 Å². The van der Waals surface area contributed by atoms with Crippen LogP contribution < -0.4 is 0 Å². The summed E-state index contributed by atoms with van der Waals surface area (Å²) >= 11 is 0. The van der Waals surface area contributed by atoms with Crippen LogP contribution in [-0.2, 0) is 9.47 Å². The van der Waals surface area contributed by atoms with E-state index in [4.69, 9.17) is 5.11 Å². The Labute approximate surface area is 141 Å². The molecule has 2 aromatic rings. The Hall–Kier alpha value is -3.68. The summed E-state index contributed by atoms with van der Waals surface area (Å²) in [5, 5.41) is 18.6. The van der Waals surface area contributed by atoms with Crippen molar-refractivity contribution in [1.29, 1.82) is 0 Å². The van der Waals surface area contributed by atoms with Crippen LogP contribution in [0.5, 0.6) is 5.75 Å². The van der Waals surface area contributed by atoms with Gasteiger partial charge in [-0.1, -0.05) is 0 Å². The van der Waals surface area contributed by atoms with Crippen LogP contribution in [0.1, 0.15) is 41.4 Å². The number of benzene rings is 2. The van der Waals surface area contributed by atoms with E-state index in [2.05, 4.69) is 9.47 Å². The number of aromatic carboxylic acids is 1. The number of hydrogen-bond acceptors (Lipinski definition) is 7. The summed E-state index contributed by atoms with van der Waals surface area (Å²) in [6, 6.07) is 8.12. The number of carboxylic acid groups (broad SMARTS) is 1. The first-order valence-electron chi connectivity index (χ1n) is 6.84. The van der Waals surface area contributed by atoms with E-state index in [-0.39, 0.29) is 22.3 Å². The topological polar surface area (TPSA) is 127 Å². The van der Waals surface area contributed by atoms with Crippen LogP contribution in [0.15, 0.2) is 42.5 Å². The molecule has 2 aromatic carbocycles. The van der Waals surface area contributed by atoms with Gasteiger partial charge in [0, 0.05) is 0 Å². The number of esters is 3. The smallest absolute Gasteiger partial charge is 0.349 e. The number of hydrogen-bond donors (Lipinski definition) is 2. The lowest BCUT2D eigenvalue weighted by Gasteiger charge is -2.06. The van der Waals surface area contributed by atoms with Crippen molar-refractivity contribution in [2.45, 2.75) is 0 Å². The minimum absolute atomic E-state index is 0.0205. The quantitative estimate of drug-likeness (QED) is 0.635. The summed E-state index contributed by atoms with van der Waals surface area (Å²) in [6.07, 6.45) is 0. The number of ether oxygens (including phenoxy) is 2. The number of methoxy groups -OCH3 is 1. The third-order valence-corrected chi connectivity index (χ3v) is 3.19. The highest BCUT2D eigenvalue weighted by atomic mass is 16.6. The van der Waals surface area contributed by atoms with E-state index in [1.807, 2.05) is 0 Å². The maximum absolute atomic E-state index is 12.0. The molecule has 0 saturated heterocycles. The highest BCUT2D eigenvalue weighted by molar-refractivity contribution is 6.04. The number of carbonyl (C=O) groups excluding carboxylic acids is 3. The first-order chi connectivity index (χ1) is 11.8. The monoisotopic (exact) mass is 344 g/mol. The molecule has 0 fully saturated rings. The number of aromatic hydroxyl groups is 1. The average molecular weight is 344 g/mol. The van der Waals surface area contributed by atoms with Crippen molar-refractivity contribution in [2.24, 2.45) is 0 Å². The Morgan fingerprint density at radius 3 is 1.88 bits per heavy atom. The molecule has 0 bridgehead atoms. The molecule has 0 amide bonds. The number of rotatable bonds is 4. The maximum atomic E-state index is 12.0. The van der Waals surface area contributed by atoms with Gasteiger partial charge in [0.15, 0.2) is 0 Å². The fraction of sp³-hybridized carbons (Fsp3) is 0.0588. The molecule has 8 nitrogen and oxygen atoms in total. The second kappa shape index (κ2) is 7.26. The standard InChI is InChI=1S/C17H12O8/c1-24-15(21)11-6-7-12(13(18)8-11)17(23)25-16(22)10-4-2-9(3-5-10)14(19)20/h2-8,18H,1H3,(H,19,20). The Bertz CT molecular complexity index is 851. The van der Waals surface area contributed by atoms with Gasteiger partial charge in [-0.25, -0.2) is 19.2 Å². The van der Waals surface area contributed by atoms with Gasteiger partial charge in [0.2, 0.25) is 0 Å². The predicted octanol–water partition coefficient (Wildman–Crippen LogP) is 1.87. The first-order valence-corrected chi connectivity index (χ1v) is 6.84. The van der Waals surface area contributed by atoms with Crippen LogP contribution in [0.2, 0.25) is 0 Å². The fourth-order valence-corrected chi connectivity index (χ4v) is 1.90. The number of carboxylic acids is 1. The zero-order valence-electron chi connectivity index (χ0n) is 12.9. The van der Waals surface area contributed by atoms with E-state index in [1.165, 1.54) is 30.3 Å². The average Bonchev–Trinajstić information content (AvgIpc) is 2.60. The van der Waals surface area contributed by atoms with Gasteiger partial charge in [-0.15, -0.1) is 0 Å². The van der Waals surface area contributed by atoms with Gasteiger partial charge in [0.1, 0.15) is 11.3 Å².